The molecule has 0 aromatic carbocycles. The highest BCUT2D eigenvalue weighted by Gasteiger charge is 2.08. The summed E-state index contributed by atoms with van der Waals surface area (Å²) >= 11 is 3.18. The van der Waals surface area contributed by atoms with E-state index in [1.54, 1.807) is 6.92 Å². The Morgan fingerprint density at radius 1 is 1.73 bits per heavy atom. The van der Waals surface area contributed by atoms with Crippen LogP contribution in [0.2, 0.25) is 0 Å². The number of hydrogen-bond acceptors (Lipinski definition) is 1. The highest BCUT2D eigenvalue weighted by molar-refractivity contribution is 9.10. The highest BCUT2D eigenvalue weighted by atomic mass is 79.9. The van der Waals surface area contributed by atoms with Gasteiger partial charge in [-0.25, -0.2) is 8.78 Å². The quantitative estimate of drug-likeness (QED) is 0.754. The predicted molar refractivity (Wildman–Crippen MR) is 40.7 cm³/mol. The largest absolute Gasteiger partial charge is 0.263 e. The fourth-order valence-corrected chi connectivity index (χ4v) is 1.03. The molecule has 1 aromatic rings. The lowest BCUT2D eigenvalue weighted by molar-refractivity contribution is 0.121. The number of aromatic nitrogens is 2. The van der Waals surface area contributed by atoms with Crippen LogP contribution in [0, 0.1) is 6.92 Å². The van der Waals surface area contributed by atoms with Crippen molar-refractivity contribution >= 4 is 15.9 Å². The zero-order valence-corrected chi connectivity index (χ0v) is 7.48. The minimum absolute atomic E-state index is 0.336. The second-order valence-electron chi connectivity index (χ2n) is 2.15. The maximum atomic E-state index is 11.8. The topological polar surface area (TPSA) is 17.8 Å². The molecule has 0 aliphatic rings. The van der Waals surface area contributed by atoms with Crippen molar-refractivity contribution < 1.29 is 8.78 Å². The molecule has 0 saturated carbocycles. The maximum absolute atomic E-state index is 11.8. The number of rotatable bonds is 2. The van der Waals surface area contributed by atoms with Crippen LogP contribution in [0.15, 0.2) is 10.7 Å². The molecule has 0 unspecified atom stereocenters. The first-order valence-corrected chi connectivity index (χ1v) is 3.86. The normalized spacial score (nSPS) is 11.0. The Morgan fingerprint density at radius 3 is 2.73 bits per heavy atom. The van der Waals surface area contributed by atoms with Gasteiger partial charge in [-0.3, -0.25) is 4.68 Å². The van der Waals surface area contributed by atoms with Gasteiger partial charge in [-0.05, 0) is 22.9 Å². The van der Waals surface area contributed by atoms with E-state index >= 15 is 0 Å². The van der Waals surface area contributed by atoms with E-state index in [9.17, 15) is 8.78 Å². The van der Waals surface area contributed by atoms with Gasteiger partial charge in [0.25, 0.3) is 6.43 Å². The molecule has 0 aliphatic carbocycles. The van der Waals surface area contributed by atoms with E-state index in [1.165, 1.54) is 10.9 Å². The Labute approximate surface area is 71.3 Å². The van der Waals surface area contributed by atoms with Gasteiger partial charge in [0.05, 0.1) is 10.7 Å². The van der Waals surface area contributed by atoms with Crippen molar-refractivity contribution in [3.63, 3.8) is 0 Å². The van der Waals surface area contributed by atoms with Gasteiger partial charge in [0.1, 0.15) is 6.54 Å². The van der Waals surface area contributed by atoms with Crippen LogP contribution in [0.4, 0.5) is 8.78 Å². The fraction of sp³-hybridized carbons (Fsp3) is 0.500. The summed E-state index contributed by atoms with van der Waals surface area (Å²) in [5.74, 6) is 0. The summed E-state index contributed by atoms with van der Waals surface area (Å²) in [6.45, 7) is 1.40. The van der Waals surface area contributed by atoms with Gasteiger partial charge < -0.3 is 0 Å². The molecule has 1 rings (SSSR count). The zero-order valence-electron chi connectivity index (χ0n) is 5.89. The summed E-state index contributed by atoms with van der Waals surface area (Å²) in [6.07, 6.45) is -0.835. The highest BCUT2D eigenvalue weighted by Crippen LogP contribution is 2.14. The smallest absolute Gasteiger partial charge is 0.257 e. The average Bonchev–Trinajstić information content (AvgIpc) is 2.18. The van der Waals surface area contributed by atoms with Crippen LogP contribution >= 0.6 is 15.9 Å². The lowest BCUT2D eigenvalue weighted by Gasteiger charge is -2.01. The van der Waals surface area contributed by atoms with Crippen LogP contribution in [0.5, 0.6) is 0 Å². The molecule has 0 saturated heterocycles. The minimum atomic E-state index is -2.35. The molecule has 5 heteroatoms. The van der Waals surface area contributed by atoms with Crippen molar-refractivity contribution in [2.45, 2.75) is 19.9 Å². The van der Waals surface area contributed by atoms with E-state index in [1.807, 2.05) is 0 Å². The molecule has 1 heterocycles. The van der Waals surface area contributed by atoms with Crippen LogP contribution in [-0.4, -0.2) is 16.2 Å². The van der Waals surface area contributed by atoms with Crippen LogP contribution in [-0.2, 0) is 6.54 Å². The summed E-state index contributed by atoms with van der Waals surface area (Å²) in [7, 11) is 0. The first-order valence-electron chi connectivity index (χ1n) is 3.07. The summed E-state index contributed by atoms with van der Waals surface area (Å²) in [5, 5.41) is 3.75. The monoisotopic (exact) mass is 224 g/mol. The average molecular weight is 225 g/mol. The number of nitrogens with zero attached hydrogens (tertiary/aromatic N) is 2. The molecule has 0 radical (unpaired) electrons. The molecule has 0 fully saturated rings. The molecule has 11 heavy (non-hydrogen) atoms. The van der Waals surface area contributed by atoms with Crippen molar-refractivity contribution in [3.05, 3.63) is 16.4 Å². The zero-order chi connectivity index (χ0) is 8.43. The molecular formula is C6H7BrF2N2. The molecule has 0 spiro atoms. The second-order valence-corrected chi connectivity index (χ2v) is 3.01. The van der Waals surface area contributed by atoms with Gasteiger partial charge in [0.2, 0.25) is 0 Å². The third kappa shape index (κ3) is 1.99. The van der Waals surface area contributed by atoms with Gasteiger partial charge in [-0.15, -0.1) is 0 Å². The van der Waals surface area contributed by atoms with E-state index in [2.05, 4.69) is 21.0 Å². The van der Waals surface area contributed by atoms with Crippen LogP contribution in [0.3, 0.4) is 0 Å². The van der Waals surface area contributed by atoms with E-state index < -0.39 is 6.43 Å². The van der Waals surface area contributed by atoms with E-state index in [0.29, 0.717) is 0 Å². The lowest BCUT2D eigenvalue weighted by atomic mass is 10.5. The van der Waals surface area contributed by atoms with E-state index in [0.717, 1.165) is 10.2 Å². The molecule has 0 bridgehead atoms. The first kappa shape index (κ1) is 8.64. The number of alkyl halides is 2. The third-order valence-electron chi connectivity index (χ3n) is 1.35. The third-order valence-corrected chi connectivity index (χ3v) is 2.13. The van der Waals surface area contributed by atoms with Crippen LogP contribution in [0.1, 0.15) is 5.69 Å². The van der Waals surface area contributed by atoms with E-state index in [4.69, 9.17) is 0 Å². The molecule has 0 amide bonds. The predicted octanol–water partition coefficient (Wildman–Crippen LogP) is 2.22. The minimum Gasteiger partial charge on any atom is -0.263 e. The molecule has 0 atom stereocenters. The van der Waals surface area contributed by atoms with Crippen molar-refractivity contribution in [1.82, 2.24) is 9.78 Å². The molecule has 62 valence electrons. The molecule has 2 nitrogen and oxygen atoms in total. The van der Waals surface area contributed by atoms with Gasteiger partial charge in [-0.2, -0.15) is 5.10 Å². The molecule has 0 aliphatic heterocycles. The van der Waals surface area contributed by atoms with Crippen molar-refractivity contribution in [1.29, 1.82) is 0 Å². The standard InChI is InChI=1S/C6H7BrF2N2/c1-4-5(7)2-10-11(4)3-6(8)9/h2,6H,3H2,1H3. The van der Waals surface area contributed by atoms with Gasteiger partial charge in [0, 0.05) is 5.69 Å². The molecule has 1 aromatic heterocycles. The van der Waals surface area contributed by atoms with Crippen LogP contribution in [0.25, 0.3) is 0 Å². The summed E-state index contributed by atoms with van der Waals surface area (Å²) < 4.78 is 25.7. The Kier molecular flexibility index (Phi) is 2.59. The number of hydrogen-bond donors (Lipinski definition) is 0. The molecular weight excluding hydrogens is 218 g/mol. The SMILES string of the molecule is Cc1c(Br)cnn1CC(F)F. The van der Waals surface area contributed by atoms with Crippen molar-refractivity contribution in [2.75, 3.05) is 0 Å². The summed E-state index contributed by atoms with van der Waals surface area (Å²) in [4.78, 5) is 0. The first-order chi connectivity index (χ1) is 5.11. The Morgan fingerprint density at radius 2 is 2.36 bits per heavy atom. The molecule has 0 N–H and O–H groups in total. The number of halogens is 3. The Bertz CT molecular complexity index is 247. The van der Waals surface area contributed by atoms with Gasteiger partial charge in [0.15, 0.2) is 0 Å². The summed E-state index contributed by atoms with van der Waals surface area (Å²) in [6, 6.07) is 0. The van der Waals surface area contributed by atoms with Gasteiger partial charge in [-0.1, -0.05) is 0 Å². The second kappa shape index (κ2) is 3.30. The lowest BCUT2D eigenvalue weighted by Crippen LogP contribution is -2.09. The summed E-state index contributed by atoms with van der Waals surface area (Å²) in [5.41, 5.74) is 0.727. The van der Waals surface area contributed by atoms with Crippen molar-refractivity contribution in [2.24, 2.45) is 0 Å². The van der Waals surface area contributed by atoms with Crippen molar-refractivity contribution in [3.8, 4) is 0 Å². The van der Waals surface area contributed by atoms with Crippen LogP contribution < -0.4 is 0 Å². The van der Waals surface area contributed by atoms with Gasteiger partial charge >= 0.3 is 0 Å². The maximum Gasteiger partial charge on any atom is 0.257 e. The Hall–Kier alpha value is -0.450. The Balaban J connectivity index is 2.79. The fourth-order valence-electron chi connectivity index (χ4n) is 0.738. The van der Waals surface area contributed by atoms with E-state index in [-0.39, 0.29) is 6.54 Å².